The fourth-order valence-corrected chi connectivity index (χ4v) is 3.99. The van der Waals surface area contributed by atoms with Gasteiger partial charge < -0.3 is 48.1 Å². The number of carbonyl (C=O) groups is 4. The topological polar surface area (TPSA) is 183 Å². The second-order valence-electron chi connectivity index (χ2n) is 8.03. The van der Waals surface area contributed by atoms with E-state index in [-0.39, 0.29) is 6.61 Å². The fourth-order valence-electron chi connectivity index (χ4n) is 3.99. The number of aliphatic hydroxyl groups is 2. The standard InChI is InChI=1S/C20H28O14/c1-7(21)27-5-12-16(29-8(2)22)17(30-9(3)23)18(31-10(4)24)20(33-12)34-15-11-6-28-19(32-11)14(26)13(15)25/h11-20,25-26H,5-6H2,1-4H3/t11-,12-,13-,14+,15-,16-,17+,18+,19-,20-/m1/s1. The zero-order valence-electron chi connectivity index (χ0n) is 19.0. The second-order valence-corrected chi connectivity index (χ2v) is 8.03. The number of ether oxygens (including phenoxy) is 8. The van der Waals surface area contributed by atoms with Crippen molar-refractivity contribution in [1.82, 2.24) is 0 Å². The Morgan fingerprint density at radius 1 is 0.765 bits per heavy atom. The van der Waals surface area contributed by atoms with E-state index in [1.165, 1.54) is 0 Å². The first-order valence-corrected chi connectivity index (χ1v) is 10.6. The molecule has 10 atom stereocenters. The number of esters is 4. The maximum Gasteiger partial charge on any atom is 0.303 e. The van der Waals surface area contributed by atoms with E-state index in [1.807, 2.05) is 0 Å². The van der Waals surface area contributed by atoms with Gasteiger partial charge in [-0.3, -0.25) is 19.2 Å². The monoisotopic (exact) mass is 492 g/mol. The maximum absolute atomic E-state index is 11.9. The molecule has 192 valence electrons. The van der Waals surface area contributed by atoms with Gasteiger partial charge in [-0.15, -0.1) is 0 Å². The van der Waals surface area contributed by atoms with Crippen LogP contribution >= 0.6 is 0 Å². The highest BCUT2D eigenvalue weighted by Gasteiger charge is 2.56. The van der Waals surface area contributed by atoms with Crippen molar-refractivity contribution in [2.75, 3.05) is 13.2 Å². The Morgan fingerprint density at radius 2 is 1.35 bits per heavy atom. The Bertz CT molecular complexity index is 785. The molecule has 34 heavy (non-hydrogen) atoms. The quantitative estimate of drug-likeness (QED) is 0.292. The van der Waals surface area contributed by atoms with Crippen molar-refractivity contribution in [3.63, 3.8) is 0 Å². The molecule has 3 fully saturated rings. The normalized spacial score (nSPS) is 39.1. The lowest BCUT2D eigenvalue weighted by molar-refractivity contribution is -0.340. The van der Waals surface area contributed by atoms with Crippen LogP contribution in [0, 0.1) is 0 Å². The molecule has 0 spiro atoms. The van der Waals surface area contributed by atoms with Crippen molar-refractivity contribution in [3.8, 4) is 0 Å². The van der Waals surface area contributed by atoms with Gasteiger partial charge in [0.25, 0.3) is 0 Å². The number of carbonyl (C=O) groups excluding carboxylic acids is 4. The van der Waals surface area contributed by atoms with E-state index in [0.29, 0.717) is 0 Å². The fraction of sp³-hybridized carbons (Fsp3) is 0.800. The van der Waals surface area contributed by atoms with Crippen molar-refractivity contribution in [2.45, 2.75) is 89.1 Å². The Hall–Kier alpha value is -2.36. The highest BCUT2D eigenvalue weighted by molar-refractivity contribution is 5.68. The molecule has 0 aromatic rings. The third kappa shape index (κ3) is 6.00. The molecule has 3 heterocycles. The molecule has 3 aliphatic heterocycles. The van der Waals surface area contributed by atoms with Gasteiger partial charge in [0.2, 0.25) is 0 Å². The highest BCUT2D eigenvalue weighted by Crippen LogP contribution is 2.35. The van der Waals surface area contributed by atoms with Crippen molar-refractivity contribution in [3.05, 3.63) is 0 Å². The van der Waals surface area contributed by atoms with Gasteiger partial charge in [0.05, 0.1) is 6.61 Å². The SMILES string of the molecule is CC(=O)OC[C@H]1O[C@H](O[C@H]2[C@H](O)[C@H](O)[C@@H]3OC[C@H]2O3)[C@@H](OC(C)=O)[C@@H](OC(C)=O)[C@@H]1OC(C)=O. The molecule has 0 aliphatic carbocycles. The largest absolute Gasteiger partial charge is 0.463 e. The summed E-state index contributed by atoms with van der Waals surface area (Å²) < 4.78 is 43.3. The Balaban J connectivity index is 1.94. The molecule has 14 nitrogen and oxygen atoms in total. The number of aliphatic hydroxyl groups excluding tert-OH is 2. The molecule has 3 rings (SSSR count). The summed E-state index contributed by atoms with van der Waals surface area (Å²) in [7, 11) is 0. The van der Waals surface area contributed by atoms with Crippen LogP contribution in [0.3, 0.4) is 0 Å². The van der Waals surface area contributed by atoms with Gasteiger partial charge in [0.15, 0.2) is 30.9 Å². The zero-order valence-corrected chi connectivity index (χ0v) is 19.0. The minimum Gasteiger partial charge on any atom is -0.463 e. The van der Waals surface area contributed by atoms with Crippen molar-refractivity contribution in [2.24, 2.45) is 0 Å². The summed E-state index contributed by atoms with van der Waals surface area (Å²) in [6.45, 7) is 3.99. The Labute approximate surface area is 194 Å². The number of hydrogen-bond donors (Lipinski definition) is 2. The minimum absolute atomic E-state index is 0.00523. The van der Waals surface area contributed by atoms with E-state index in [9.17, 15) is 29.4 Å². The molecule has 2 bridgehead atoms. The van der Waals surface area contributed by atoms with Crippen LogP contribution < -0.4 is 0 Å². The average molecular weight is 492 g/mol. The number of rotatable bonds is 7. The summed E-state index contributed by atoms with van der Waals surface area (Å²) >= 11 is 0. The maximum atomic E-state index is 11.9. The van der Waals surface area contributed by atoms with Crippen LogP contribution in [0.1, 0.15) is 27.7 Å². The molecule has 0 aromatic heterocycles. The van der Waals surface area contributed by atoms with E-state index in [0.717, 1.165) is 27.7 Å². The van der Waals surface area contributed by atoms with E-state index >= 15 is 0 Å². The molecular formula is C20H28O14. The van der Waals surface area contributed by atoms with Crippen molar-refractivity contribution < 1.29 is 67.3 Å². The zero-order chi connectivity index (χ0) is 25.2. The van der Waals surface area contributed by atoms with Crippen LogP contribution in [-0.4, -0.2) is 109 Å². The first-order valence-electron chi connectivity index (χ1n) is 10.6. The van der Waals surface area contributed by atoms with E-state index in [1.54, 1.807) is 0 Å². The summed E-state index contributed by atoms with van der Waals surface area (Å²) in [6.07, 6.45) is -12.9. The molecule has 0 saturated carbocycles. The van der Waals surface area contributed by atoms with Gasteiger partial charge in [0, 0.05) is 27.7 Å². The van der Waals surface area contributed by atoms with E-state index < -0.39 is 91.9 Å². The van der Waals surface area contributed by atoms with Crippen LogP contribution in [0.25, 0.3) is 0 Å². The number of hydrogen-bond acceptors (Lipinski definition) is 14. The molecule has 14 heteroatoms. The second kappa shape index (κ2) is 10.9. The van der Waals surface area contributed by atoms with Crippen LogP contribution in [0.2, 0.25) is 0 Å². The first-order chi connectivity index (χ1) is 16.0. The Kier molecular flexibility index (Phi) is 8.43. The minimum atomic E-state index is -1.52. The summed E-state index contributed by atoms with van der Waals surface area (Å²) in [5.41, 5.74) is 0. The molecule has 3 aliphatic rings. The van der Waals surface area contributed by atoms with Gasteiger partial charge in [-0.05, 0) is 0 Å². The lowest BCUT2D eigenvalue weighted by Crippen LogP contribution is -2.65. The summed E-state index contributed by atoms with van der Waals surface area (Å²) in [6, 6.07) is 0. The highest BCUT2D eigenvalue weighted by atomic mass is 16.8. The predicted octanol–water partition coefficient (Wildman–Crippen LogP) is -2.07. The van der Waals surface area contributed by atoms with E-state index in [4.69, 9.17) is 37.9 Å². The van der Waals surface area contributed by atoms with Crippen molar-refractivity contribution in [1.29, 1.82) is 0 Å². The third-order valence-corrected chi connectivity index (χ3v) is 5.30. The van der Waals surface area contributed by atoms with Crippen LogP contribution in [0.15, 0.2) is 0 Å². The molecule has 0 aromatic carbocycles. The summed E-state index contributed by atoms with van der Waals surface area (Å²) in [4.78, 5) is 46.9. The predicted molar refractivity (Wildman–Crippen MR) is 103 cm³/mol. The lowest BCUT2D eigenvalue weighted by Gasteiger charge is -2.46. The van der Waals surface area contributed by atoms with Gasteiger partial charge >= 0.3 is 23.9 Å². The summed E-state index contributed by atoms with van der Waals surface area (Å²) in [5.74, 6) is -3.03. The van der Waals surface area contributed by atoms with Gasteiger partial charge in [-0.1, -0.05) is 0 Å². The molecule has 2 N–H and O–H groups in total. The van der Waals surface area contributed by atoms with Gasteiger partial charge in [-0.25, -0.2) is 0 Å². The third-order valence-electron chi connectivity index (χ3n) is 5.30. The first kappa shape index (κ1) is 26.2. The molecule has 0 unspecified atom stereocenters. The van der Waals surface area contributed by atoms with Crippen LogP contribution in [0.4, 0.5) is 0 Å². The van der Waals surface area contributed by atoms with E-state index in [2.05, 4.69) is 0 Å². The Morgan fingerprint density at radius 3 is 1.94 bits per heavy atom. The smallest absolute Gasteiger partial charge is 0.303 e. The van der Waals surface area contributed by atoms with Crippen molar-refractivity contribution >= 4 is 23.9 Å². The van der Waals surface area contributed by atoms with Crippen LogP contribution in [-0.2, 0) is 57.1 Å². The molecule has 0 radical (unpaired) electrons. The number of fused-ring (bicyclic) bond motifs is 2. The van der Waals surface area contributed by atoms with Crippen LogP contribution in [0.5, 0.6) is 0 Å². The van der Waals surface area contributed by atoms with Gasteiger partial charge in [-0.2, -0.15) is 0 Å². The lowest BCUT2D eigenvalue weighted by atomic mass is 9.97. The molecule has 3 saturated heterocycles. The average Bonchev–Trinajstić information content (AvgIpc) is 3.18. The molecular weight excluding hydrogens is 464 g/mol. The summed E-state index contributed by atoms with van der Waals surface area (Å²) in [5, 5.41) is 20.7. The molecule has 0 amide bonds. The van der Waals surface area contributed by atoms with Gasteiger partial charge in [0.1, 0.15) is 37.1 Å².